The highest BCUT2D eigenvalue weighted by Gasteiger charge is 2.22. The van der Waals surface area contributed by atoms with Crippen molar-refractivity contribution in [3.05, 3.63) is 58.7 Å². The molecule has 1 aromatic heterocycles. The maximum Gasteiger partial charge on any atom is 0.224 e. The van der Waals surface area contributed by atoms with E-state index in [0.29, 0.717) is 5.82 Å². The van der Waals surface area contributed by atoms with Crippen LogP contribution in [0.25, 0.3) is 6.08 Å². The summed E-state index contributed by atoms with van der Waals surface area (Å²) >= 11 is 0. The number of hydrogen-bond donors (Lipinski definition) is 0. The van der Waals surface area contributed by atoms with Crippen LogP contribution in [0.15, 0.2) is 36.2 Å². The van der Waals surface area contributed by atoms with Crippen LogP contribution in [0.5, 0.6) is 0 Å². The Balaban J connectivity index is 1.99. The molecule has 0 bridgehead atoms. The van der Waals surface area contributed by atoms with Gasteiger partial charge in [-0.15, -0.1) is 0 Å². The Kier molecular flexibility index (Phi) is 2.82. The van der Waals surface area contributed by atoms with E-state index >= 15 is 0 Å². The van der Waals surface area contributed by atoms with Crippen LogP contribution < -0.4 is 0 Å². The molecule has 3 nitrogen and oxygen atoms in total. The van der Waals surface area contributed by atoms with Gasteiger partial charge in [0.05, 0.1) is 0 Å². The Hall–Kier alpha value is -2.16. The second kappa shape index (κ2) is 4.50. The van der Waals surface area contributed by atoms with Crippen LogP contribution in [0.1, 0.15) is 33.7 Å². The fraction of sp³-hybridized carbons (Fsp3) is 0.250. The Morgan fingerprint density at radius 2 is 2.16 bits per heavy atom. The van der Waals surface area contributed by atoms with Crippen LogP contribution in [-0.4, -0.2) is 15.3 Å². The van der Waals surface area contributed by atoms with E-state index in [1.54, 1.807) is 6.20 Å². The summed E-state index contributed by atoms with van der Waals surface area (Å²) in [6.07, 6.45) is 6.33. The number of aromatic nitrogens is 2. The van der Waals surface area contributed by atoms with Gasteiger partial charge in [0.15, 0.2) is 5.82 Å². The minimum absolute atomic E-state index is 0.0521. The lowest BCUT2D eigenvalue weighted by atomic mass is 9.98. The first kappa shape index (κ1) is 11.9. The van der Waals surface area contributed by atoms with Gasteiger partial charge in [0.25, 0.3) is 0 Å². The standard InChI is InChI=1S/C16H16N2O/c1-11-3-4-13(12(2)9-11)10-14-5-7-18-8-6-17-16(18)15(14)19/h3-4,6,8-10H,5,7H2,1-2H3/b14-10-. The average molecular weight is 252 g/mol. The van der Waals surface area contributed by atoms with Crippen molar-refractivity contribution in [2.45, 2.75) is 26.8 Å². The zero-order chi connectivity index (χ0) is 13.4. The molecule has 1 aliphatic heterocycles. The van der Waals surface area contributed by atoms with Gasteiger partial charge in [0.2, 0.25) is 5.78 Å². The second-order valence-corrected chi connectivity index (χ2v) is 5.05. The van der Waals surface area contributed by atoms with Crippen LogP contribution in [-0.2, 0) is 6.54 Å². The van der Waals surface area contributed by atoms with Gasteiger partial charge < -0.3 is 4.57 Å². The molecule has 0 saturated heterocycles. The Labute approximate surface area is 112 Å². The largest absolute Gasteiger partial charge is 0.328 e. The molecule has 3 heteroatoms. The van der Waals surface area contributed by atoms with Crippen molar-refractivity contribution in [2.24, 2.45) is 0 Å². The summed E-state index contributed by atoms with van der Waals surface area (Å²) in [5.74, 6) is 0.610. The highest BCUT2D eigenvalue weighted by atomic mass is 16.1. The van der Waals surface area contributed by atoms with Crippen LogP contribution in [0.3, 0.4) is 0 Å². The third kappa shape index (κ3) is 2.12. The summed E-state index contributed by atoms with van der Waals surface area (Å²) in [6.45, 7) is 4.98. The van der Waals surface area contributed by atoms with E-state index in [9.17, 15) is 4.79 Å². The lowest BCUT2D eigenvalue weighted by Gasteiger charge is -2.16. The molecule has 2 heterocycles. The maximum atomic E-state index is 12.3. The number of Topliss-reactive ketones (excluding diaryl/α,β-unsaturated/α-hetero) is 1. The fourth-order valence-electron chi connectivity index (χ4n) is 2.51. The van der Waals surface area contributed by atoms with Gasteiger partial charge in [0.1, 0.15) is 0 Å². The number of hydrogen-bond acceptors (Lipinski definition) is 2. The topological polar surface area (TPSA) is 34.9 Å². The first-order chi connectivity index (χ1) is 9.15. The first-order valence-corrected chi connectivity index (χ1v) is 6.49. The predicted molar refractivity (Wildman–Crippen MR) is 75.1 cm³/mol. The summed E-state index contributed by atoms with van der Waals surface area (Å²) in [5.41, 5.74) is 4.42. The van der Waals surface area contributed by atoms with Gasteiger partial charge in [-0.05, 0) is 37.5 Å². The van der Waals surface area contributed by atoms with Crippen LogP contribution in [0.2, 0.25) is 0 Å². The van der Waals surface area contributed by atoms with Gasteiger partial charge in [-0.2, -0.15) is 0 Å². The van der Waals surface area contributed by atoms with Crippen molar-refractivity contribution in [1.82, 2.24) is 9.55 Å². The Morgan fingerprint density at radius 3 is 2.95 bits per heavy atom. The average Bonchev–Trinajstić information content (AvgIpc) is 2.85. The molecule has 0 radical (unpaired) electrons. The monoisotopic (exact) mass is 252 g/mol. The molecule has 96 valence electrons. The van der Waals surface area contributed by atoms with E-state index in [0.717, 1.165) is 24.1 Å². The number of carbonyl (C=O) groups excluding carboxylic acids is 1. The van der Waals surface area contributed by atoms with Crippen molar-refractivity contribution < 1.29 is 4.79 Å². The second-order valence-electron chi connectivity index (χ2n) is 5.05. The molecular weight excluding hydrogens is 236 g/mol. The van der Waals surface area contributed by atoms with E-state index in [2.05, 4.69) is 37.0 Å². The van der Waals surface area contributed by atoms with Crippen LogP contribution in [0, 0.1) is 13.8 Å². The first-order valence-electron chi connectivity index (χ1n) is 6.49. The van der Waals surface area contributed by atoms with Crippen molar-refractivity contribution >= 4 is 11.9 Å². The normalized spacial score (nSPS) is 16.7. The lowest BCUT2D eigenvalue weighted by Crippen LogP contribution is -2.19. The zero-order valence-electron chi connectivity index (χ0n) is 11.2. The van der Waals surface area contributed by atoms with Crippen molar-refractivity contribution in [1.29, 1.82) is 0 Å². The number of imidazole rings is 1. The molecule has 1 aromatic carbocycles. The molecule has 0 saturated carbocycles. The van der Waals surface area contributed by atoms with Crippen molar-refractivity contribution in [2.75, 3.05) is 0 Å². The SMILES string of the molecule is Cc1ccc(/C=C2/CCn3ccnc3C2=O)c(C)c1. The van der Waals surface area contributed by atoms with E-state index in [1.165, 1.54) is 11.1 Å². The van der Waals surface area contributed by atoms with Crippen molar-refractivity contribution in [3.8, 4) is 0 Å². The molecule has 0 aliphatic carbocycles. The summed E-state index contributed by atoms with van der Waals surface area (Å²) in [7, 11) is 0. The summed E-state index contributed by atoms with van der Waals surface area (Å²) in [6, 6.07) is 6.29. The molecule has 1 aliphatic rings. The molecule has 0 atom stereocenters. The Morgan fingerprint density at radius 1 is 1.32 bits per heavy atom. The van der Waals surface area contributed by atoms with E-state index in [4.69, 9.17) is 0 Å². The third-order valence-electron chi connectivity index (χ3n) is 3.59. The number of allylic oxidation sites excluding steroid dienone is 1. The predicted octanol–water partition coefficient (Wildman–Crippen LogP) is 3.17. The molecule has 0 amide bonds. The third-order valence-corrected chi connectivity index (χ3v) is 3.59. The van der Waals surface area contributed by atoms with Gasteiger partial charge >= 0.3 is 0 Å². The van der Waals surface area contributed by atoms with Crippen LogP contribution >= 0.6 is 0 Å². The summed E-state index contributed by atoms with van der Waals surface area (Å²) in [5, 5.41) is 0. The van der Waals surface area contributed by atoms with Gasteiger partial charge in [-0.25, -0.2) is 4.98 Å². The summed E-state index contributed by atoms with van der Waals surface area (Å²) < 4.78 is 1.92. The van der Waals surface area contributed by atoms with Crippen LogP contribution in [0.4, 0.5) is 0 Å². The lowest BCUT2D eigenvalue weighted by molar-refractivity contribution is 0.100. The van der Waals surface area contributed by atoms with Crippen molar-refractivity contribution in [3.63, 3.8) is 0 Å². The zero-order valence-corrected chi connectivity index (χ0v) is 11.2. The van der Waals surface area contributed by atoms with E-state index < -0.39 is 0 Å². The number of rotatable bonds is 1. The number of aryl methyl sites for hydroxylation is 3. The molecular formula is C16H16N2O. The molecule has 19 heavy (non-hydrogen) atoms. The molecule has 0 fully saturated rings. The number of fused-ring (bicyclic) bond motifs is 1. The number of carbonyl (C=O) groups is 1. The molecule has 0 N–H and O–H groups in total. The van der Waals surface area contributed by atoms with Gasteiger partial charge in [0, 0.05) is 24.5 Å². The molecule has 0 unspecified atom stereocenters. The number of ketones is 1. The molecule has 2 aromatic rings. The smallest absolute Gasteiger partial charge is 0.224 e. The highest BCUT2D eigenvalue weighted by Crippen LogP contribution is 2.22. The molecule has 3 rings (SSSR count). The van der Waals surface area contributed by atoms with E-state index in [-0.39, 0.29) is 5.78 Å². The van der Waals surface area contributed by atoms with Gasteiger partial charge in [-0.3, -0.25) is 4.79 Å². The van der Waals surface area contributed by atoms with Gasteiger partial charge in [-0.1, -0.05) is 23.8 Å². The molecule has 0 spiro atoms. The quantitative estimate of drug-likeness (QED) is 0.731. The minimum atomic E-state index is 0.0521. The number of benzene rings is 1. The summed E-state index contributed by atoms with van der Waals surface area (Å²) in [4.78, 5) is 16.4. The highest BCUT2D eigenvalue weighted by molar-refractivity contribution is 6.09. The maximum absolute atomic E-state index is 12.3. The Bertz CT molecular complexity index is 680. The minimum Gasteiger partial charge on any atom is -0.328 e. The van der Waals surface area contributed by atoms with E-state index in [1.807, 2.05) is 16.8 Å². The fourth-order valence-corrected chi connectivity index (χ4v) is 2.51. The number of nitrogens with zero attached hydrogens (tertiary/aromatic N) is 2.